The van der Waals surface area contributed by atoms with Gasteiger partial charge in [-0.3, -0.25) is 0 Å². The summed E-state index contributed by atoms with van der Waals surface area (Å²) in [5, 5.41) is 2.96. The fraction of sp³-hybridized carbons (Fsp3) is 0.875. The minimum Gasteiger partial charge on any atom is -0.230 e. The van der Waals surface area contributed by atoms with Crippen LogP contribution in [-0.4, -0.2) is 33.4 Å². The van der Waals surface area contributed by atoms with E-state index >= 15 is 4.39 Å². The summed E-state index contributed by atoms with van der Waals surface area (Å²) in [7, 11) is 0. The van der Waals surface area contributed by atoms with Gasteiger partial charge in [0, 0.05) is 24.0 Å². The second-order valence-electron chi connectivity index (χ2n) is 8.27. The first kappa shape index (κ1) is 10.6. The zero-order valence-corrected chi connectivity index (χ0v) is 12.0. The maximum atomic E-state index is 15.5. The number of hydrogen-bond acceptors (Lipinski definition) is 2. The van der Waals surface area contributed by atoms with Crippen LogP contribution in [0.3, 0.4) is 0 Å². The second kappa shape index (κ2) is 2.75. The Labute approximate surface area is 122 Å². The third kappa shape index (κ3) is 0.742. The summed E-state index contributed by atoms with van der Waals surface area (Å²) in [6.07, 6.45) is 8.52. The molecule has 0 spiro atoms. The molecule has 0 aromatic carbocycles. The van der Waals surface area contributed by atoms with E-state index in [1.165, 1.54) is 12.8 Å². The van der Waals surface area contributed by atoms with E-state index in [9.17, 15) is 0 Å². The van der Waals surface area contributed by atoms with Crippen LogP contribution in [-0.2, 0) is 0 Å². The summed E-state index contributed by atoms with van der Waals surface area (Å²) >= 11 is 6.52. The SMILES string of the molecule is FC1(Cl)C2C3CCC4C5C3C3C6CC=CC6C5N(C42)N31. The van der Waals surface area contributed by atoms with Gasteiger partial charge < -0.3 is 0 Å². The van der Waals surface area contributed by atoms with E-state index in [4.69, 9.17) is 11.6 Å². The van der Waals surface area contributed by atoms with Crippen LogP contribution >= 0.6 is 11.6 Å². The number of hydrogen-bond donors (Lipinski definition) is 0. The molecule has 8 fully saturated rings. The lowest BCUT2D eigenvalue weighted by Gasteiger charge is -2.67. The van der Waals surface area contributed by atoms with Gasteiger partial charge in [-0.1, -0.05) is 23.8 Å². The topological polar surface area (TPSA) is 6.48 Å². The predicted octanol–water partition coefficient (Wildman–Crippen LogP) is 2.61. The highest BCUT2D eigenvalue weighted by Crippen LogP contribution is 2.77. The molecule has 0 aromatic rings. The van der Waals surface area contributed by atoms with E-state index in [0.29, 0.717) is 35.9 Å². The molecule has 4 saturated carbocycles. The molecule has 4 heteroatoms. The van der Waals surface area contributed by atoms with Gasteiger partial charge in [-0.15, -0.1) is 0 Å². The Bertz CT molecular complexity index is 577. The molecule has 20 heavy (non-hydrogen) atoms. The Hall–Kier alpha value is -0.120. The van der Waals surface area contributed by atoms with Gasteiger partial charge in [-0.2, -0.15) is 5.01 Å². The second-order valence-corrected chi connectivity index (χ2v) is 8.80. The minimum absolute atomic E-state index is 0.0909. The minimum atomic E-state index is -1.58. The van der Waals surface area contributed by atoms with E-state index in [2.05, 4.69) is 22.2 Å². The van der Waals surface area contributed by atoms with Crippen LogP contribution < -0.4 is 0 Å². The maximum absolute atomic E-state index is 15.5. The lowest BCUT2D eigenvalue weighted by atomic mass is 9.45. The highest BCUT2D eigenvalue weighted by Gasteiger charge is 2.85. The molecule has 0 N–H and O–H groups in total. The summed E-state index contributed by atoms with van der Waals surface area (Å²) in [5.74, 6) is 4.33. The quantitative estimate of drug-likeness (QED) is 0.385. The molecular weight excluding hydrogens is 275 g/mol. The summed E-state index contributed by atoms with van der Waals surface area (Å²) in [6.45, 7) is 0. The van der Waals surface area contributed by atoms with Crippen LogP contribution in [0.25, 0.3) is 0 Å². The zero-order valence-electron chi connectivity index (χ0n) is 11.2. The van der Waals surface area contributed by atoms with Gasteiger partial charge in [0.05, 0.1) is 0 Å². The van der Waals surface area contributed by atoms with Crippen molar-refractivity contribution < 1.29 is 4.39 Å². The monoisotopic (exact) mass is 292 g/mol. The molecule has 5 aliphatic carbocycles. The summed E-state index contributed by atoms with van der Waals surface area (Å²) in [4.78, 5) is 0. The molecule has 4 saturated heterocycles. The van der Waals surface area contributed by atoms with Crippen LogP contribution in [0.4, 0.5) is 4.39 Å². The van der Waals surface area contributed by atoms with Crippen LogP contribution in [0.1, 0.15) is 19.3 Å². The van der Waals surface area contributed by atoms with E-state index in [-0.39, 0.29) is 5.92 Å². The van der Waals surface area contributed by atoms with Gasteiger partial charge in [-0.05, 0) is 54.8 Å². The van der Waals surface area contributed by atoms with Crippen LogP contribution in [0, 0.1) is 41.4 Å². The third-order valence-corrected chi connectivity index (χ3v) is 8.69. The zero-order chi connectivity index (χ0) is 13.0. The average molecular weight is 293 g/mol. The number of hydrazine groups is 1. The van der Waals surface area contributed by atoms with Crippen molar-refractivity contribution in [3.63, 3.8) is 0 Å². The van der Waals surface area contributed by atoms with Crippen molar-refractivity contribution in [3.8, 4) is 0 Å². The van der Waals surface area contributed by atoms with Crippen molar-refractivity contribution in [2.75, 3.05) is 0 Å². The van der Waals surface area contributed by atoms with Crippen LogP contribution in [0.15, 0.2) is 12.2 Å². The Morgan fingerprint density at radius 2 is 1.85 bits per heavy atom. The summed E-state index contributed by atoms with van der Waals surface area (Å²) < 4.78 is 15.5. The van der Waals surface area contributed by atoms with E-state index < -0.39 is 5.25 Å². The molecule has 7 bridgehead atoms. The summed E-state index contributed by atoms with van der Waals surface area (Å²) in [5.41, 5.74) is 0. The molecule has 0 aromatic heterocycles. The molecular formula is C16H18ClFN2. The van der Waals surface area contributed by atoms with Gasteiger partial charge >= 0.3 is 0 Å². The predicted molar refractivity (Wildman–Crippen MR) is 72.2 cm³/mol. The Kier molecular flexibility index (Phi) is 1.45. The smallest absolute Gasteiger partial charge is 0.230 e. The third-order valence-electron chi connectivity index (χ3n) is 8.27. The number of piperidine rings is 1. The molecule has 9 rings (SSSR count). The largest absolute Gasteiger partial charge is 0.256 e. The molecule has 4 heterocycles. The molecule has 0 amide bonds. The van der Waals surface area contributed by atoms with Crippen molar-refractivity contribution in [2.24, 2.45) is 41.4 Å². The standard InChI is InChI=1S/C16H18ClFN2/c17-16(18)12-8-4-5-9-11-10(8)14-7-3-1-2-6(7)13(11)19(15(9)12)20(14)16/h1-2,6-15H,3-5H2. The number of rotatable bonds is 0. The Balaban J connectivity index is 1.56. The van der Waals surface area contributed by atoms with Gasteiger partial charge in [-0.25, -0.2) is 9.40 Å². The normalized spacial score (nSPS) is 74.5. The molecule has 9 aliphatic rings. The maximum Gasteiger partial charge on any atom is 0.256 e. The highest BCUT2D eigenvalue weighted by molar-refractivity contribution is 6.23. The number of allylic oxidation sites excluding steroid dienone is 1. The average Bonchev–Trinajstić information content (AvgIpc) is 3.06. The van der Waals surface area contributed by atoms with Crippen molar-refractivity contribution >= 4 is 11.6 Å². The first-order valence-electron chi connectivity index (χ1n) is 8.33. The van der Waals surface area contributed by atoms with Gasteiger partial charge in [0.15, 0.2) is 0 Å². The number of nitrogens with zero attached hydrogens (tertiary/aromatic N) is 2. The number of halogens is 2. The molecule has 11 atom stereocenters. The number of alkyl halides is 2. The van der Waals surface area contributed by atoms with E-state index in [1.807, 2.05) is 0 Å². The first-order valence-corrected chi connectivity index (χ1v) is 8.71. The lowest BCUT2D eigenvalue weighted by molar-refractivity contribution is -0.277. The fourth-order valence-corrected chi connectivity index (χ4v) is 8.77. The van der Waals surface area contributed by atoms with Crippen LogP contribution in [0.2, 0.25) is 0 Å². The molecule has 106 valence electrons. The van der Waals surface area contributed by atoms with Gasteiger partial charge in [0.1, 0.15) is 0 Å². The number of fused-ring (bicyclic) bond motifs is 1. The van der Waals surface area contributed by atoms with Crippen molar-refractivity contribution in [1.29, 1.82) is 0 Å². The fourth-order valence-electron chi connectivity index (χ4n) is 8.27. The van der Waals surface area contributed by atoms with Gasteiger partial charge in [0.25, 0.3) is 5.25 Å². The highest BCUT2D eigenvalue weighted by atomic mass is 35.5. The molecule has 0 radical (unpaired) electrons. The van der Waals surface area contributed by atoms with Crippen molar-refractivity contribution in [3.05, 3.63) is 12.2 Å². The molecule has 11 unspecified atom stereocenters. The van der Waals surface area contributed by atoms with E-state index in [0.717, 1.165) is 24.2 Å². The van der Waals surface area contributed by atoms with Gasteiger partial charge in [0.2, 0.25) is 0 Å². The Morgan fingerprint density at radius 1 is 1.05 bits per heavy atom. The van der Waals surface area contributed by atoms with Crippen molar-refractivity contribution in [2.45, 2.75) is 42.6 Å². The lowest BCUT2D eigenvalue weighted by Crippen LogP contribution is -2.76. The van der Waals surface area contributed by atoms with Crippen LogP contribution in [0.5, 0.6) is 0 Å². The molecule has 2 nitrogen and oxygen atoms in total. The van der Waals surface area contributed by atoms with E-state index in [1.54, 1.807) is 0 Å². The summed E-state index contributed by atoms with van der Waals surface area (Å²) in [6, 6.07) is 1.40. The Morgan fingerprint density at radius 3 is 2.75 bits per heavy atom. The molecule has 4 aliphatic heterocycles. The first-order chi connectivity index (χ1) is 9.71. The van der Waals surface area contributed by atoms with Crippen molar-refractivity contribution in [1.82, 2.24) is 10.0 Å².